The first kappa shape index (κ1) is 49.7. The minimum absolute atomic E-state index is 0.0209. The average Bonchev–Trinajstić information content (AvgIpc) is 4.08. The van der Waals surface area contributed by atoms with E-state index in [1.165, 1.54) is 16.7 Å². The molecule has 6 bridgehead atoms. The van der Waals surface area contributed by atoms with Crippen LogP contribution in [0.2, 0.25) is 0 Å². The molecule has 0 radical (unpaired) electrons. The number of Topliss-reactive ketones (excluding diaryl/α,β-unsaturated/α-hetero) is 2. The average molecular weight is 969 g/mol. The number of hydrogen-bond donors (Lipinski definition) is 8. The first-order valence-corrected chi connectivity index (χ1v) is 26.7. The van der Waals surface area contributed by atoms with Crippen molar-refractivity contribution in [2.24, 2.45) is 40.7 Å². The highest BCUT2D eigenvalue weighted by atomic mass is 16.7. The summed E-state index contributed by atoms with van der Waals surface area (Å²) in [6.07, 6.45) is 28.0. The molecule has 6 heterocycles. The van der Waals surface area contributed by atoms with Crippen LogP contribution in [0, 0.1) is 35.0 Å². The van der Waals surface area contributed by atoms with Crippen LogP contribution in [0.5, 0.6) is 0 Å². The van der Waals surface area contributed by atoms with Crippen molar-refractivity contribution in [1.82, 2.24) is 26.6 Å². The number of carbonyl (C=O) groups is 3. The zero-order valence-electron chi connectivity index (χ0n) is 42.2. The second kappa shape index (κ2) is 20.2. The van der Waals surface area contributed by atoms with E-state index in [0.29, 0.717) is 68.2 Å². The Bertz CT molecular complexity index is 2550. The Morgan fingerprint density at radius 3 is 2.70 bits per heavy atom. The van der Waals surface area contributed by atoms with Crippen LogP contribution in [0.4, 0.5) is 0 Å². The number of aliphatic hydroxyl groups is 2. The summed E-state index contributed by atoms with van der Waals surface area (Å²) in [7, 11) is 1.96. The summed E-state index contributed by atoms with van der Waals surface area (Å²) in [5.74, 6) is -0.0812. The number of esters is 1. The van der Waals surface area contributed by atoms with Crippen molar-refractivity contribution in [3.05, 3.63) is 129 Å². The molecule has 12 unspecified atom stereocenters. The van der Waals surface area contributed by atoms with Gasteiger partial charge >= 0.3 is 5.97 Å². The maximum absolute atomic E-state index is 15.9. The molecule has 1 fully saturated rings. The molecule has 9 N–H and O–H groups in total. The molecule has 11 rings (SSSR count). The Hall–Kier alpha value is -4.89. The maximum Gasteiger partial charge on any atom is 0.350 e. The fraction of sp³-hybridized carbons (Fsp3) is 0.569. The summed E-state index contributed by atoms with van der Waals surface area (Å²) in [6, 6.07) is 5.33. The van der Waals surface area contributed by atoms with E-state index >= 15 is 14.4 Å². The molecule has 71 heavy (non-hydrogen) atoms. The third-order valence-electron chi connectivity index (χ3n) is 17.8. The van der Waals surface area contributed by atoms with Crippen LogP contribution in [0.1, 0.15) is 124 Å². The number of allylic oxidation sites excluding steroid dienone is 10. The molecule has 13 nitrogen and oxygen atoms in total. The van der Waals surface area contributed by atoms with E-state index in [-0.39, 0.29) is 72.3 Å². The number of nitrogens with two attached hydrogens (primary N) is 1. The number of carbonyl (C=O) groups excluding carboxylic acids is 3. The number of fused-ring (bicyclic) bond motifs is 6. The number of ketones is 2. The van der Waals surface area contributed by atoms with E-state index in [1.54, 1.807) is 6.07 Å². The van der Waals surface area contributed by atoms with Gasteiger partial charge < -0.3 is 52.0 Å². The smallest absolute Gasteiger partial charge is 0.350 e. The molecule has 0 amide bonds. The number of ether oxygens (including phenoxy) is 2. The monoisotopic (exact) mass is 969 g/mol. The highest BCUT2D eigenvalue weighted by Crippen LogP contribution is 2.61. The van der Waals surface area contributed by atoms with Gasteiger partial charge in [0.15, 0.2) is 11.4 Å². The quantitative estimate of drug-likeness (QED) is 0.0443. The van der Waals surface area contributed by atoms with Gasteiger partial charge in [0.05, 0.1) is 18.9 Å². The van der Waals surface area contributed by atoms with Gasteiger partial charge in [-0.1, -0.05) is 86.6 Å². The SMILES string of the molecule is CCNC1C=C2C=CCC3C4C=CC(C23)C1C(CCCO)OC(=O)C12OC1(CC(CO)=C(C)CCC1=CCNC3=C1CCC(NC)N3)C(=O)c1cccc(c1C2=O)CC(C)(CC1=CNC(N)C=C1)CCC4. The number of hydrogen-bond acceptors (Lipinski definition) is 13. The number of benzene rings is 1. The third-order valence-corrected chi connectivity index (χ3v) is 17.8. The van der Waals surface area contributed by atoms with Crippen LogP contribution in [0.3, 0.4) is 0 Å². The van der Waals surface area contributed by atoms with Gasteiger partial charge in [0.1, 0.15) is 11.9 Å². The topological polar surface area (TPSA) is 200 Å². The Kier molecular flexibility index (Phi) is 14.1. The Morgan fingerprint density at radius 2 is 1.93 bits per heavy atom. The Morgan fingerprint density at radius 1 is 1.07 bits per heavy atom. The Labute approximate surface area is 419 Å². The highest BCUT2D eigenvalue weighted by Gasteiger charge is 2.86. The molecule has 0 aromatic heterocycles. The minimum Gasteiger partial charge on any atom is -0.459 e. The Balaban J connectivity index is 1.06. The molecular formula is C58H76N6O7. The molecule has 4 aliphatic carbocycles. The predicted molar refractivity (Wildman–Crippen MR) is 274 cm³/mol. The second-order valence-corrected chi connectivity index (χ2v) is 22.2. The molecule has 0 saturated carbocycles. The first-order valence-electron chi connectivity index (χ1n) is 26.7. The fourth-order valence-electron chi connectivity index (χ4n) is 14.2. The van der Waals surface area contributed by atoms with Crippen molar-refractivity contribution in [3.63, 3.8) is 0 Å². The van der Waals surface area contributed by atoms with Crippen molar-refractivity contribution in [2.75, 3.05) is 33.4 Å². The molecular weight excluding hydrogens is 893 g/mol. The number of aliphatic hydroxyl groups excluding tert-OH is 2. The fourth-order valence-corrected chi connectivity index (χ4v) is 14.2. The minimum atomic E-state index is -2.27. The summed E-state index contributed by atoms with van der Waals surface area (Å²) in [5.41, 5.74) is 9.19. The first-order chi connectivity index (χ1) is 34.4. The number of likely N-dealkylation sites (N-methyl/N-ethyl adjacent to an activating group) is 1. The van der Waals surface area contributed by atoms with Crippen LogP contribution in [-0.4, -0.2) is 96.8 Å². The lowest BCUT2D eigenvalue weighted by atomic mass is 9.55. The van der Waals surface area contributed by atoms with Gasteiger partial charge in [0.25, 0.3) is 5.60 Å². The summed E-state index contributed by atoms with van der Waals surface area (Å²) < 4.78 is 13.6. The van der Waals surface area contributed by atoms with Crippen molar-refractivity contribution in [2.45, 2.75) is 140 Å². The summed E-state index contributed by atoms with van der Waals surface area (Å²) in [4.78, 5) is 47.3. The molecule has 1 aromatic carbocycles. The van der Waals surface area contributed by atoms with E-state index in [0.717, 1.165) is 61.9 Å². The molecule has 10 aliphatic rings. The largest absolute Gasteiger partial charge is 0.459 e. The van der Waals surface area contributed by atoms with Crippen molar-refractivity contribution < 1.29 is 34.1 Å². The van der Waals surface area contributed by atoms with Crippen LogP contribution in [0.15, 0.2) is 112 Å². The van der Waals surface area contributed by atoms with Gasteiger partial charge in [-0.25, -0.2) is 4.79 Å². The third kappa shape index (κ3) is 8.96. The molecule has 13 heteroatoms. The zero-order valence-corrected chi connectivity index (χ0v) is 42.2. The lowest BCUT2D eigenvalue weighted by Gasteiger charge is -2.51. The van der Waals surface area contributed by atoms with E-state index in [2.05, 4.69) is 83.0 Å². The van der Waals surface area contributed by atoms with Crippen molar-refractivity contribution in [1.29, 1.82) is 0 Å². The van der Waals surface area contributed by atoms with E-state index < -0.39 is 34.8 Å². The highest BCUT2D eigenvalue weighted by molar-refractivity contribution is 6.33. The molecule has 380 valence electrons. The number of nitrogens with one attached hydrogen (secondary N) is 5. The lowest BCUT2D eigenvalue weighted by Crippen LogP contribution is -2.56. The van der Waals surface area contributed by atoms with Crippen molar-refractivity contribution >= 4 is 17.5 Å². The van der Waals surface area contributed by atoms with Crippen LogP contribution in [0.25, 0.3) is 0 Å². The summed E-state index contributed by atoms with van der Waals surface area (Å²) >= 11 is 0. The standard InChI is InChI=1S/C58H76N6O7/c1-5-61-45-28-38-10-6-13-41-36-12-8-25-56(3,29-35-17-22-47(59)63-32-35)30-39-11-7-14-44-50(39)53(68)58(55(69)70-46(15-9-27-65)51(45)43(20-19-36)49(38)41)57(71-58,52(44)67)31-40(33-66)34(2)16-18-37-24-26-62-54-42(37)21-23-48(60-4)64-54/h6-7,10-11,14,17,19-20,22,24,28,32,36,41,43,45-49,51,60-66H,5,8-9,12-13,15-16,18,21,23,25-27,29-31,33,59H2,1-4H3. The number of rotatable bonds is 14. The number of epoxide rings is 1. The van der Waals surface area contributed by atoms with Crippen LogP contribution < -0.4 is 32.3 Å². The van der Waals surface area contributed by atoms with Crippen LogP contribution in [-0.2, 0) is 20.7 Å². The van der Waals surface area contributed by atoms with Gasteiger partial charge in [-0.2, -0.15) is 0 Å². The van der Waals surface area contributed by atoms with E-state index in [1.807, 2.05) is 38.4 Å². The summed E-state index contributed by atoms with van der Waals surface area (Å²) in [6.45, 7) is 7.26. The molecule has 1 aromatic rings. The number of dihydropyridines is 2. The van der Waals surface area contributed by atoms with Gasteiger partial charge in [-0.3, -0.25) is 9.59 Å². The second-order valence-electron chi connectivity index (χ2n) is 22.2. The molecule has 1 saturated heterocycles. The molecule has 12 atom stereocenters. The summed E-state index contributed by atoms with van der Waals surface area (Å²) in [5, 5.41) is 38.9. The van der Waals surface area contributed by atoms with E-state index in [4.69, 9.17) is 15.2 Å². The maximum atomic E-state index is 15.9. The molecule has 1 spiro atoms. The molecule has 6 aliphatic heterocycles. The van der Waals surface area contributed by atoms with Gasteiger partial charge in [-0.15, -0.1) is 0 Å². The normalized spacial score (nSPS) is 36.2. The van der Waals surface area contributed by atoms with E-state index in [9.17, 15) is 10.2 Å². The van der Waals surface area contributed by atoms with Crippen molar-refractivity contribution in [3.8, 4) is 0 Å². The van der Waals surface area contributed by atoms with Gasteiger partial charge in [0.2, 0.25) is 5.78 Å². The van der Waals surface area contributed by atoms with Gasteiger partial charge in [-0.05, 0) is 160 Å². The zero-order chi connectivity index (χ0) is 49.7. The predicted octanol–water partition coefficient (Wildman–Crippen LogP) is 6.39. The lowest BCUT2D eigenvalue weighted by molar-refractivity contribution is -0.159. The van der Waals surface area contributed by atoms with Crippen LogP contribution >= 0.6 is 0 Å². The van der Waals surface area contributed by atoms with Gasteiger partial charge in [0, 0.05) is 48.9 Å².